The van der Waals surface area contributed by atoms with Crippen LogP contribution in [-0.4, -0.2) is 23.8 Å². The lowest BCUT2D eigenvalue weighted by molar-refractivity contribution is -0.131. The highest BCUT2D eigenvalue weighted by atomic mass is 16.5. The van der Waals surface area contributed by atoms with E-state index in [0.717, 1.165) is 6.42 Å². The third-order valence-electron chi connectivity index (χ3n) is 2.91. The Morgan fingerprint density at radius 1 is 1.41 bits per heavy atom. The Kier molecular flexibility index (Phi) is 6.82. The molecule has 0 saturated heterocycles. The summed E-state index contributed by atoms with van der Waals surface area (Å²) in [6.07, 6.45) is 3.62. The van der Waals surface area contributed by atoms with Crippen molar-refractivity contribution in [2.75, 3.05) is 0 Å². The summed E-state index contributed by atoms with van der Waals surface area (Å²) < 4.78 is 4.92. The summed E-state index contributed by atoms with van der Waals surface area (Å²) in [7, 11) is 0. The number of nitrogens with two attached hydrogens (primary N) is 1. The van der Waals surface area contributed by atoms with Crippen molar-refractivity contribution in [2.24, 2.45) is 5.73 Å². The minimum absolute atomic E-state index is 0.266. The molecule has 2 amide bonds. The second-order valence-corrected chi connectivity index (χ2v) is 4.77. The molecule has 0 spiro atoms. The molecular formula is C16H20N2O4. The van der Waals surface area contributed by atoms with Gasteiger partial charge in [-0.05, 0) is 37.5 Å². The van der Waals surface area contributed by atoms with E-state index in [2.05, 4.69) is 11.9 Å². The van der Waals surface area contributed by atoms with Crippen LogP contribution in [0, 0.1) is 0 Å². The summed E-state index contributed by atoms with van der Waals surface area (Å²) in [5, 5.41) is 2.58. The predicted octanol–water partition coefficient (Wildman–Crippen LogP) is 1.55. The third kappa shape index (κ3) is 5.78. The Labute approximate surface area is 129 Å². The number of carbonyl (C=O) groups is 3. The van der Waals surface area contributed by atoms with E-state index in [1.54, 1.807) is 24.3 Å². The average molecular weight is 304 g/mol. The monoisotopic (exact) mass is 304 g/mol. The molecule has 0 heterocycles. The van der Waals surface area contributed by atoms with E-state index in [4.69, 9.17) is 10.5 Å². The van der Waals surface area contributed by atoms with E-state index in [1.807, 2.05) is 0 Å². The number of carbonyl (C=O) groups excluding carboxylic acids is 3. The zero-order valence-corrected chi connectivity index (χ0v) is 12.5. The lowest BCUT2D eigenvalue weighted by Crippen LogP contribution is -2.44. The van der Waals surface area contributed by atoms with Gasteiger partial charge < -0.3 is 15.8 Å². The lowest BCUT2D eigenvalue weighted by Gasteiger charge is -2.15. The molecule has 1 atom stereocenters. The zero-order valence-electron chi connectivity index (χ0n) is 12.5. The average Bonchev–Trinajstić information content (AvgIpc) is 2.45. The summed E-state index contributed by atoms with van der Waals surface area (Å²) in [6.45, 7) is 4.87. The molecule has 0 radical (unpaired) electrons. The minimum atomic E-state index is -0.746. The first-order chi connectivity index (χ1) is 10.4. The number of allylic oxidation sites excluding steroid dienone is 1. The minimum Gasteiger partial charge on any atom is -0.427 e. The molecule has 0 unspecified atom stereocenters. The molecule has 1 rings (SSSR count). The number of ether oxygens (including phenoxy) is 1. The number of nitrogens with one attached hydrogen (secondary N) is 1. The Hall–Kier alpha value is -2.63. The smallest absolute Gasteiger partial charge is 0.308 e. The molecule has 22 heavy (non-hydrogen) atoms. The normalized spacial score (nSPS) is 11.3. The van der Waals surface area contributed by atoms with E-state index in [9.17, 15) is 14.4 Å². The SMILES string of the molecule is C=CCCC[C@@H](NC(=O)c1cccc(OC(C)=O)c1)C(N)=O. The van der Waals surface area contributed by atoms with Crippen LogP contribution in [0.15, 0.2) is 36.9 Å². The second-order valence-electron chi connectivity index (χ2n) is 4.77. The number of hydrogen-bond acceptors (Lipinski definition) is 4. The van der Waals surface area contributed by atoms with Crippen molar-refractivity contribution < 1.29 is 19.1 Å². The van der Waals surface area contributed by atoms with Gasteiger partial charge in [0.1, 0.15) is 11.8 Å². The van der Waals surface area contributed by atoms with E-state index in [0.29, 0.717) is 12.8 Å². The van der Waals surface area contributed by atoms with E-state index in [1.165, 1.54) is 13.0 Å². The molecule has 118 valence electrons. The summed E-state index contributed by atoms with van der Waals surface area (Å²) in [6, 6.07) is 5.39. The Morgan fingerprint density at radius 3 is 2.73 bits per heavy atom. The Bertz CT molecular complexity index is 569. The fourth-order valence-corrected chi connectivity index (χ4v) is 1.86. The number of amides is 2. The van der Waals surface area contributed by atoms with Crippen LogP contribution in [0.2, 0.25) is 0 Å². The first kappa shape index (κ1) is 17.4. The number of hydrogen-bond donors (Lipinski definition) is 2. The van der Waals surface area contributed by atoms with Crippen molar-refractivity contribution in [3.63, 3.8) is 0 Å². The van der Waals surface area contributed by atoms with Gasteiger partial charge in [0.15, 0.2) is 0 Å². The van der Waals surface area contributed by atoms with Gasteiger partial charge in [-0.25, -0.2) is 0 Å². The van der Waals surface area contributed by atoms with Crippen LogP contribution in [0.1, 0.15) is 36.5 Å². The maximum absolute atomic E-state index is 12.2. The molecule has 0 aromatic heterocycles. The molecule has 0 aliphatic rings. The number of esters is 1. The van der Waals surface area contributed by atoms with Gasteiger partial charge in [-0.2, -0.15) is 0 Å². The molecule has 1 aromatic rings. The highest BCUT2D eigenvalue weighted by Crippen LogP contribution is 2.14. The number of benzene rings is 1. The Morgan fingerprint density at radius 2 is 2.14 bits per heavy atom. The van der Waals surface area contributed by atoms with Crippen LogP contribution >= 0.6 is 0 Å². The van der Waals surface area contributed by atoms with Gasteiger partial charge in [0.2, 0.25) is 5.91 Å². The summed E-state index contributed by atoms with van der Waals surface area (Å²) in [4.78, 5) is 34.5. The lowest BCUT2D eigenvalue weighted by atomic mass is 10.1. The maximum atomic E-state index is 12.2. The Balaban J connectivity index is 2.74. The summed E-state index contributed by atoms with van der Waals surface area (Å²) in [5.41, 5.74) is 5.58. The van der Waals surface area contributed by atoms with E-state index in [-0.39, 0.29) is 11.3 Å². The molecule has 6 heteroatoms. The highest BCUT2D eigenvalue weighted by Gasteiger charge is 2.18. The number of primary amides is 1. The third-order valence-corrected chi connectivity index (χ3v) is 2.91. The summed E-state index contributed by atoms with van der Waals surface area (Å²) in [5.74, 6) is -1.25. The van der Waals surface area contributed by atoms with Crippen molar-refractivity contribution in [1.29, 1.82) is 0 Å². The molecule has 0 aliphatic carbocycles. The molecular weight excluding hydrogens is 284 g/mol. The van der Waals surface area contributed by atoms with Crippen molar-refractivity contribution in [1.82, 2.24) is 5.32 Å². The van der Waals surface area contributed by atoms with Crippen molar-refractivity contribution >= 4 is 17.8 Å². The molecule has 6 nitrogen and oxygen atoms in total. The fraction of sp³-hybridized carbons (Fsp3) is 0.312. The van der Waals surface area contributed by atoms with E-state index >= 15 is 0 Å². The predicted molar refractivity (Wildman–Crippen MR) is 82.2 cm³/mol. The van der Waals surface area contributed by atoms with E-state index < -0.39 is 23.8 Å². The molecule has 0 fully saturated rings. The molecule has 0 saturated carbocycles. The fourth-order valence-electron chi connectivity index (χ4n) is 1.86. The van der Waals surface area contributed by atoms with Crippen molar-refractivity contribution in [3.05, 3.63) is 42.5 Å². The molecule has 1 aromatic carbocycles. The topological polar surface area (TPSA) is 98.5 Å². The van der Waals surface area contributed by atoms with Crippen LogP contribution in [0.4, 0.5) is 0 Å². The van der Waals surface area contributed by atoms with Crippen molar-refractivity contribution in [2.45, 2.75) is 32.2 Å². The standard InChI is InChI=1S/C16H20N2O4/c1-3-4-5-9-14(15(17)20)18-16(21)12-7-6-8-13(10-12)22-11(2)19/h3,6-8,10,14H,1,4-5,9H2,2H3,(H2,17,20)(H,18,21)/t14-/m1/s1. The van der Waals surface area contributed by atoms with Crippen LogP contribution in [0.25, 0.3) is 0 Å². The van der Waals surface area contributed by atoms with Crippen LogP contribution in [0.3, 0.4) is 0 Å². The molecule has 3 N–H and O–H groups in total. The van der Waals surface area contributed by atoms with Gasteiger partial charge in [-0.3, -0.25) is 14.4 Å². The van der Waals surface area contributed by atoms with Crippen LogP contribution in [-0.2, 0) is 9.59 Å². The quantitative estimate of drug-likeness (QED) is 0.329. The first-order valence-electron chi connectivity index (χ1n) is 6.93. The van der Waals surface area contributed by atoms with Gasteiger partial charge in [0.25, 0.3) is 5.91 Å². The maximum Gasteiger partial charge on any atom is 0.308 e. The summed E-state index contributed by atoms with van der Waals surface area (Å²) >= 11 is 0. The van der Waals surface area contributed by atoms with Crippen LogP contribution < -0.4 is 15.8 Å². The zero-order chi connectivity index (χ0) is 16.5. The first-order valence-corrected chi connectivity index (χ1v) is 6.93. The largest absolute Gasteiger partial charge is 0.427 e. The van der Waals surface area contributed by atoms with Gasteiger partial charge in [0.05, 0.1) is 0 Å². The van der Waals surface area contributed by atoms with Gasteiger partial charge >= 0.3 is 5.97 Å². The molecule has 0 aliphatic heterocycles. The molecule has 0 bridgehead atoms. The van der Waals surface area contributed by atoms with Gasteiger partial charge in [0, 0.05) is 12.5 Å². The number of unbranched alkanes of at least 4 members (excludes halogenated alkanes) is 1. The van der Waals surface area contributed by atoms with Crippen LogP contribution in [0.5, 0.6) is 5.75 Å². The highest BCUT2D eigenvalue weighted by molar-refractivity contribution is 5.97. The van der Waals surface area contributed by atoms with Gasteiger partial charge in [-0.1, -0.05) is 12.1 Å². The second kappa shape index (κ2) is 8.61. The van der Waals surface area contributed by atoms with Crippen molar-refractivity contribution in [3.8, 4) is 5.75 Å². The van der Waals surface area contributed by atoms with Gasteiger partial charge in [-0.15, -0.1) is 6.58 Å². The number of rotatable bonds is 8.